The van der Waals surface area contributed by atoms with Crippen LogP contribution in [0.3, 0.4) is 0 Å². The summed E-state index contributed by atoms with van der Waals surface area (Å²) in [6, 6.07) is 3.89. The molecule has 1 saturated heterocycles. The van der Waals surface area contributed by atoms with Gasteiger partial charge in [-0.05, 0) is 48.6 Å². The minimum Gasteiger partial charge on any atom is -0.350 e. The van der Waals surface area contributed by atoms with Crippen molar-refractivity contribution in [1.29, 1.82) is 0 Å². The Bertz CT molecular complexity index is 585. The van der Waals surface area contributed by atoms with E-state index in [2.05, 4.69) is 30.2 Å². The Balaban J connectivity index is 1.71. The fourth-order valence-electron chi connectivity index (χ4n) is 2.34. The molecule has 0 bridgehead atoms. The highest BCUT2D eigenvalue weighted by atomic mass is 35.5. The van der Waals surface area contributed by atoms with E-state index in [-0.39, 0.29) is 5.28 Å². The fraction of sp³-hybridized carbons (Fsp3) is 0.429. The Labute approximate surface area is 128 Å². The Hall–Kier alpha value is -1.95. The summed E-state index contributed by atoms with van der Waals surface area (Å²) in [6.07, 6.45) is 7.13. The molecule has 2 aromatic rings. The van der Waals surface area contributed by atoms with Crippen LogP contribution < -0.4 is 10.2 Å². The normalized spacial score (nSPS) is 15.0. The van der Waals surface area contributed by atoms with E-state index >= 15 is 0 Å². The number of rotatable bonds is 4. The lowest BCUT2D eigenvalue weighted by Crippen LogP contribution is -2.31. The SMILES string of the molecule is Clc1nc(NCc2ccncc2)nc(N2CCCCC2)n1. The summed E-state index contributed by atoms with van der Waals surface area (Å²) in [6.45, 7) is 2.58. The van der Waals surface area contributed by atoms with Gasteiger partial charge in [-0.1, -0.05) is 0 Å². The lowest BCUT2D eigenvalue weighted by molar-refractivity contribution is 0.567. The number of anilines is 2. The van der Waals surface area contributed by atoms with Gasteiger partial charge in [-0.15, -0.1) is 0 Å². The zero-order valence-electron chi connectivity index (χ0n) is 11.7. The predicted molar refractivity (Wildman–Crippen MR) is 82.5 cm³/mol. The Morgan fingerprint density at radius 3 is 2.57 bits per heavy atom. The summed E-state index contributed by atoms with van der Waals surface area (Å²) in [5.74, 6) is 1.17. The molecule has 110 valence electrons. The summed E-state index contributed by atoms with van der Waals surface area (Å²) >= 11 is 6.01. The molecule has 6 nitrogen and oxygen atoms in total. The van der Waals surface area contributed by atoms with Gasteiger partial charge in [0.2, 0.25) is 17.2 Å². The van der Waals surface area contributed by atoms with E-state index in [0.29, 0.717) is 18.4 Å². The predicted octanol–water partition coefficient (Wildman–Crippen LogP) is 2.52. The number of hydrogen-bond acceptors (Lipinski definition) is 6. The Kier molecular flexibility index (Phi) is 4.45. The van der Waals surface area contributed by atoms with Crippen molar-refractivity contribution in [2.45, 2.75) is 25.8 Å². The summed E-state index contributed by atoms with van der Waals surface area (Å²) in [5, 5.41) is 3.40. The molecule has 0 unspecified atom stereocenters. The van der Waals surface area contributed by atoms with Crippen LogP contribution in [0.25, 0.3) is 0 Å². The van der Waals surface area contributed by atoms with E-state index in [1.807, 2.05) is 12.1 Å². The second-order valence-corrected chi connectivity index (χ2v) is 5.32. The number of aromatic nitrogens is 4. The maximum atomic E-state index is 6.01. The molecule has 1 N–H and O–H groups in total. The topological polar surface area (TPSA) is 66.8 Å². The number of nitrogens with one attached hydrogen (secondary N) is 1. The van der Waals surface area contributed by atoms with Crippen LogP contribution in [0, 0.1) is 0 Å². The molecule has 0 spiro atoms. The highest BCUT2D eigenvalue weighted by Gasteiger charge is 2.15. The molecule has 0 saturated carbocycles. The molecule has 1 fully saturated rings. The number of nitrogens with zero attached hydrogens (tertiary/aromatic N) is 5. The van der Waals surface area contributed by atoms with Crippen molar-refractivity contribution in [3.63, 3.8) is 0 Å². The summed E-state index contributed by atoms with van der Waals surface area (Å²) in [5.41, 5.74) is 1.11. The van der Waals surface area contributed by atoms with Gasteiger partial charge in [0.25, 0.3) is 0 Å². The highest BCUT2D eigenvalue weighted by Crippen LogP contribution is 2.18. The van der Waals surface area contributed by atoms with Crippen LogP contribution >= 0.6 is 11.6 Å². The van der Waals surface area contributed by atoms with E-state index in [1.54, 1.807) is 12.4 Å². The van der Waals surface area contributed by atoms with Crippen LogP contribution in [0.4, 0.5) is 11.9 Å². The van der Waals surface area contributed by atoms with Gasteiger partial charge in [0.15, 0.2) is 0 Å². The molecule has 1 aliphatic heterocycles. The van der Waals surface area contributed by atoms with Crippen molar-refractivity contribution in [3.8, 4) is 0 Å². The van der Waals surface area contributed by atoms with Crippen molar-refractivity contribution in [2.24, 2.45) is 0 Å². The van der Waals surface area contributed by atoms with Crippen LogP contribution in [0.15, 0.2) is 24.5 Å². The third kappa shape index (κ3) is 3.78. The molecule has 3 rings (SSSR count). The molecule has 21 heavy (non-hydrogen) atoms. The summed E-state index contributed by atoms with van der Waals surface area (Å²) in [4.78, 5) is 19.0. The second kappa shape index (κ2) is 6.67. The van der Waals surface area contributed by atoms with Gasteiger partial charge in [-0.2, -0.15) is 15.0 Å². The molecule has 7 heteroatoms. The van der Waals surface area contributed by atoms with Crippen LogP contribution in [0.5, 0.6) is 0 Å². The van der Waals surface area contributed by atoms with Crippen LogP contribution in [-0.2, 0) is 6.54 Å². The number of hydrogen-bond donors (Lipinski definition) is 1. The minimum atomic E-state index is 0.225. The first-order chi connectivity index (χ1) is 10.3. The van der Waals surface area contributed by atoms with Gasteiger partial charge in [-0.25, -0.2) is 0 Å². The molecule has 1 aliphatic rings. The second-order valence-electron chi connectivity index (χ2n) is 4.98. The van der Waals surface area contributed by atoms with E-state index in [1.165, 1.54) is 19.3 Å². The van der Waals surface area contributed by atoms with Crippen molar-refractivity contribution in [3.05, 3.63) is 35.4 Å². The smallest absolute Gasteiger partial charge is 0.231 e. The monoisotopic (exact) mass is 304 g/mol. The van der Waals surface area contributed by atoms with E-state index in [4.69, 9.17) is 11.6 Å². The summed E-state index contributed by atoms with van der Waals surface area (Å²) < 4.78 is 0. The Morgan fingerprint density at radius 1 is 1.05 bits per heavy atom. The molecule has 0 aliphatic carbocycles. The van der Waals surface area contributed by atoms with E-state index in [0.717, 1.165) is 18.7 Å². The molecule has 0 radical (unpaired) electrons. The van der Waals surface area contributed by atoms with Crippen LogP contribution in [0.2, 0.25) is 5.28 Å². The molecule has 3 heterocycles. The first-order valence-corrected chi connectivity index (χ1v) is 7.48. The van der Waals surface area contributed by atoms with Crippen molar-refractivity contribution in [1.82, 2.24) is 19.9 Å². The molecule has 0 amide bonds. The highest BCUT2D eigenvalue weighted by molar-refractivity contribution is 6.28. The van der Waals surface area contributed by atoms with Gasteiger partial charge in [0.05, 0.1) is 0 Å². The average molecular weight is 305 g/mol. The molecule has 2 aromatic heterocycles. The first kappa shape index (κ1) is 14.0. The zero-order valence-corrected chi connectivity index (χ0v) is 12.4. The lowest BCUT2D eigenvalue weighted by atomic mass is 10.1. The van der Waals surface area contributed by atoms with E-state index in [9.17, 15) is 0 Å². The third-order valence-corrected chi connectivity index (χ3v) is 3.60. The largest absolute Gasteiger partial charge is 0.350 e. The van der Waals surface area contributed by atoms with E-state index < -0.39 is 0 Å². The Morgan fingerprint density at radius 2 is 1.81 bits per heavy atom. The third-order valence-electron chi connectivity index (χ3n) is 3.44. The van der Waals surface area contributed by atoms with Crippen molar-refractivity contribution >= 4 is 23.5 Å². The quantitative estimate of drug-likeness (QED) is 0.936. The molecule has 0 atom stereocenters. The summed E-state index contributed by atoms with van der Waals surface area (Å²) in [7, 11) is 0. The molecule has 0 aromatic carbocycles. The van der Waals surface area contributed by atoms with Crippen LogP contribution in [-0.4, -0.2) is 33.0 Å². The van der Waals surface area contributed by atoms with Gasteiger partial charge in [0.1, 0.15) is 0 Å². The van der Waals surface area contributed by atoms with Crippen molar-refractivity contribution in [2.75, 3.05) is 23.3 Å². The standard InChI is InChI=1S/C14H17ClN6/c15-12-18-13(17-10-11-4-6-16-7-5-11)20-14(19-12)21-8-2-1-3-9-21/h4-7H,1-3,8-10H2,(H,17,18,19,20). The molecular weight excluding hydrogens is 288 g/mol. The minimum absolute atomic E-state index is 0.225. The maximum Gasteiger partial charge on any atom is 0.231 e. The lowest BCUT2D eigenvalue weighted by Gasteiger charge is -2.26. The van der Waals surface area contributed by atoms with Gasteiger partial charge in [0, 0.05) is 32.0 Å². The van der Waals surface area contributed by atoms with Gasteiger partial charge >= 0.3 is 0 Å². The fourth-order valence-corrected chi connectivity index (χ4v) is 2.49. The van der Waals surface area contributed by atoms with Crippen LogP contribution in [0.1, 0.15) is 24.8 Å². The number of piperidine rings is 1. The number of pyridine rings is 1. The first-order valence-electron chi connectivity index (χ1n) is 7.10. The van der Waals surface area contributed by atoms with Gasteiger partial charge < -0.3 is 10.2 Å². The number of halogens is 1. The average Bonchev–Trinajstić information content (AvgIpc) is 2.54. The zero-order chi connectivity index (χ0) is 14.5. The maximum absolute atomic E-state index is 6.01. The molecular formula is C14H17ClN6. The van der Waals surface area contributed by atoms with Crippen molar-refractivity contribution < 1.29 is 0 Å². The van der Waals surface area contributed by atoms with Gasteiger partial charge in [-0.3, -0.25) is 4.98 Å².